The van der Waals surface area contributed by atoms with Crippen LogP contribution in [0.15, 0.2) is 11.8 Å². The Morgan fingerprint density at radius 2 is 2.25 bits per heavy atom. The summed E-state index contributed by atoms with van der Waals surface area (Å²) in [6, 6.07) is 0. The summed E-state index contributed by atoms with van der Waals surface area (Å²) in [6.45, 7) is 0.249. The van der Waals surface area contributed by atoms with Gasteiger partial charge in [-0.15, -0.1) is 0 Å². The fourth-order valence-corrected chi connectivity index (χ4v) is 0.155. The standard InChI is InChI=1S/C4H8N2O.Li.H/c5-3-4(6)1-2-7;;/h1-2H,3,5-6H2;;/q;+1;-1. The minimum Gasteiger partial charge on any atom is -1.00 e. The molecule has 8 heavy (non-hydrogen) atoms. The molecule has 4 heteroatoms. The number of hydrogen-bond donors (Lipinski definition) is 2. The van der Waals surface area contributed by atoms with Crippen LogP contribution in [-0.4, -0.2) is 12.8 Å². The molecule has 42 valence electrons. The molecule has 0 bridgehead atoms. The summed E-state index contributed by atoms with van der Waals surface area (Å²) in [5, 5.41) is 0. The van der Waals surface area contributed by atoms with Gasteiger partial charge in [0.15, 0.2) is 0 Å². The number of allylic oxidation sites excluding steroid dienone is 1. The Bertz CT molecular complexity index is 96.6. The van der Waals surface area contributed by atoms with Gasteiger partial charge in [0.2, 0.25) is 0 Å². The normalized spacial score (nSPS) is 9.88. The van der Waals surface area contributed by atoms with Gasteiger partial charge in [-0.25, -0.2) is 0 Å². The fourth-order valence-electron chi connectivity index (χ4n) is 0.155. The minimum atomic E-state index is 0. The summed E-state index contributed by atoms with van der Waals surface area (Å²) in [4.78, 5) is 9.56. The van der Waals surface area contributed by atoms with E-state index in [9.17, 15) is 4.79 Å². The Balaban J connectivity index is -0.000000180. The summed E-state index contributed by atoms with van der Waals surface area (Å²) in [7, 11) is 0. The molecule has 0 aliphatic rings. The summed E-state index contributed by atoms with van der Waals surface area (Å²) in [5.74, 6) is 0. The monoisotopic (exact) mass is 108 g/mol. The summed E-state index contributed by atoms with van der Waals surface area (Å²) in [6.07, 6.45) is 1.85. The van der Waals surface area contributed by atoms with Gasteiger partial charge in [0.05, 0.1) is 0 Å². The molecule has 0 aromatic heterocycles. The Kier molecular flexibility index (Phi) is 9.05. The van der Waals surface area contributed by atoms with Gasteiger partial charge in [-0.1, -0.05) is 0 Å². The van der Waals surface area contributed by atoms with E-state index >= 15 is 0 Å². The Labute approximate surface area is 61.8 Å². The quantitative estimate of drug-likeness (QED) is 0.216. The maximum Gasteiger partial charge on any atom is 1.00 e. The van der Waals surface area contributed by atoms with Crippen LogP contribution in [-0.2, 0) is 4.79 Å². The molecular weight excluding hydrogens is 99.0 g/mol. The fraction of sp³-hybridized carbons (Fsp3) is 0.250. The van der Waals surface area contributed by atoms with Crippen molar-refractivity contribution in [2.24, 2.45) is 11.5 Å². The predicted molar refractivity (Wildman–Crippen MR) is 28.5 cm³/mol. The molecule has 0 saturated carbocycles. The molecule has 0 unspecified atom stereocenters. The minimum absolute atomic E-state index is 0. The molecule has 0 aromatic rings. The number of aldehydes is 1. The van der Waals surface area contributed by atoms with Crippen molar-refractivity contribution in [2.75, 3.05) is 6.54 Å². The summed E-state index contributed by atoms with van der Waals surface area (Å²) in [5.41, 5.74) is 10.5. The van der Waals surface area contributed by atoms with Crippen molar-refractivity contribution in [2.45, 2.75) is 0 Å². The van der Waals surface area contributed by atoms with Gasteiger partial charge in [-0.3, -0.25) is 4.79 Å². The summed E-state index contributed by atoms with van der Waals surface area (Å²) < 4.78 is 0. The van der Waals surface area contributed by atoms with Crippen LogP contribution >= 0.6 is 0 Å². The molecule has 0 atom stereocenters. The van der Waals surface area contributed by atoms with Gasteiger partial charge in [-0.2, -0.15) is 0 Å². The molecule has 0 aliphatic heterocycles. The number of rotatable bonds is 2. The molecule has 0 saturated heterocycles. The molecule has 0 aliphatic carbocycles. The van der Waals surface area contributed by atoms with E-state index in [4.69, 9.17) is 11.5 Å². The van der Waals surface area contributed by atoms with E-state index in [-0.39, 0.29) is 26.8 Å². The van der Waals surface area contributed by atoms with Gasteiger partial charge >= 0.3 is 18.9 Å². The molecule has 0 fully saturated rings. The molecule has 0 rings (SSSR count). The summed E-state index contributed by atoms with van der Waals surface area (Å²) >= 11 is 0. The second-order valence-electron chi connectivity index (χ2n) is 1.08. The first-order valence-electron chi connectivity index (χ1n) is 1.91. The third kappa shape index (κ3) is 5.77. The number of nitrogens with two attached hydrogens (primary N) is 2. The first-order valence-corrected chi connectivity index (χ1v) is 1.91. The Morgan fingerprint density at radius 1 is 1.75 bits per heavy atom. The van der Waals surface area contributed by atoms with E-state index in [0.29, 0.717) is 12.0 Å². The second-order valence-corrected chi connectivity index (χ2v) is 1.08. The van der Waals surface area contributed by atoms with Gasteiger partial charge in [0.25, 0.3) is 0 Å². The molecule has 0 radical (unpaired) electrons. The Hall–Kier alpha value is -0.233. The van der Waals surface area contributed by atoms with Crippen LogP contribution in [0.2, 0.25) is 0 Å². The largest absolute Gasteiger partial charge is 1.00 e. The first kappa shape index (κ1) is 10.7. The molecule has 4 N–H and O–H groups in total. The molecule has 0 amide bonds. The molecule has 0 aromatic carbocycles. The van der Waals surface area contributed by atoms with E-state index in [1.54, 1.807) is 0 Å². The van der Waals surface area contributed by atoms with Crippen LogP contribution in [0.3, 0.4) is 0 Å². The zero-order valence-electron chi connectivity index (χ0n) is 5.92. The van der Waals surface area contributed by atoms with Crippen LogP contribution in [0.1, 0.15) is 1.43 Å². The van der Waals surface area contributed by atoms with Crippen LogP contribution in [0, 0.1) is 0 Å². The molecular formula is C4H9LiN2O. The van der Waals surface area contributed by atoms with Gasteiger partial charge in [0.1, 0.15) is 6.29 Å². The van der Waals surface area contributed by atoms with Crippen molar-refractivity contribution in [3.8, 4) is 0 Å². The van der Waals surface area contributed by atoms with E-state index in [1.807, 2.05) is 0 Å². The second kappa shape index (κ2) is 6.77. The van der Waals surface area contributed by atoms with Crippen LogP contribution in [0.25, 0.3) is 0 Å². The average molecular weight is 108 g/mol. The molecule has 0 spiro atoms. The van der Waals surface area contributed by atoms with Crippen molar-refractivity contribution in [1.82, 2.24) is 0 Å². The van der Waals surface area contributed by atoms with E-state index in [0.717, 1.165) is 0 Å². The molecule has 3 nitrogen and oxygen atoms in total. The smallest absolute Gasteiger partial charge is 1.00 e. The predicted octanol–water partition coefficient (Wildman–Crippen LogP) is -3.90. The van der Waals surface area contributed by atoms with Crippen molar-refractivity contribution < 1.29 is 25.1 Å². The van der Waals surface area contributed by atoms with Crippen molar-refractivity contribution in [3.63, 3.8) is 0 Å². The van der Waals surface area contributed by atoms with Crippen LogP contribution in [0.4, 0.5) is 0 Å². The maximum atomic E-state index is 9.56. The number of hydrogen-bond acceptors (Lipinski definition) is 3. The SMILES string of the molecule is NCC(N)=CC=O.[H-].[Li+]. The van der Waals surface area contributed by atoms with Crippen LogP contribution < -0.4 is 30.3 Å². The zero-order chi connectivity index (χ0) is 5.70. The van der Waals surface area contributed by atoms with Crippen molar-refractivity contribution in [1.29, 1.82) is 0 Å². The van der Waals surface area contributed by atoms with Crippen molar-refractivity contribution in [3.05, 3.63) is 11.8 Å². The maximum absolute atomic E-state index is 9.56. The number of carbonyl (C=O) groups is 1. The van der Waals surface area contributed by atoms with Gasteiger partial charge in [-0.05, 0) is 6.08 Å². The Morgan fingerprint density at radius 3 is 2.38 bits per heavy atom. The average Bonchev–Trinajstić information content (AvgIpc) is 1.68. The third-order valence-electron chi connectivity index (χ3n) is 0.518. The third-order valence-corrected chi connectivity index (χ3v) is 0.518. The van der Waals surface area contributed by atoms with E-state index in [1.165, 1.54) is 6.08 Å². The van der Waals surface area contributed by atoms with Gasteiger partial charge in [0, 0.05) is 12.2 Å². The van der Waals surface area contributed by atoms with Crippen LogP contribution in [0.5, 0.6) is 0 Å². The van der Waals surface area contributed by atoms with E-state index < -0.39 is 0 Å². The van der Waals surface area contributed by atoms with Crippen molar-refractivity contribution >= 4 is 6.29 Å². The number of carbonyl (C=O) groups excluding carboxylic acids is 1. The first-order chi connectivity index (χ1) is 3.31. The zero-order valence-corrected chi connectivity index (χ0v) is 4.92. The topological polar surface area (TPSA) is 69.1 Å². The van der Waals surface area contributed by atoms with Gasteiger partial charge < -0.3 is 12.9 Å². The van der Waals surface area contributed by atoms with E-state index in [2.05, 4.69) is 0 Å². The molecule has 0 heterocycles.